The third-order valence-corrected chi connectivity index (χ3v) is 3.00. The third kappa shape index (κ3) is 8.97. The maximum Gasteiger partial charge on any atom is 0.213 e. The largest absolute Gasteiger partial charge is 0.475 e. The topological polar surface area (TPSA) is 49.8 Å². The monoisotopic (exact) mass is 311 g/mol. The van der Waals surface area contributed by atoms with E-state index in [4.69, 9.17) is 18.9 Å². The van der Waals surface area contributed by atoms with Gasteiger partial charge in [-0.2, -0.15) is 0 Å². The van der Waals surface area contributed by atoms with Crippen molar-refractivity contribution >= 4 is 0 Å². The van der Waals surface area contributed by atoms with E-state index in [1.54, 1.807) is 0 Å². The molecule has 5 nitrogen and oxygen atoms in total. The Bertz CT molecular complexity index is 367. The van der Waals surface area contributed by atoms with Gasteiger partial charge in [-0.3, -0.25) is 0 Å². The Kier molecular flexibility index (Phi) is 10.6. The Hall–Kier alpha value is -1.17. The molecule has 0 unspecified atom stereocenters. The summed E-state index contributed by atoms with van der Waals surface area (Å²) < 4.78 is 21.6. The van der Waals surface area contributed by atoms with Gasteiger partial charge in [0, 0.05) is 18.9 Å². The molecule has 0 aromatic carbocycles. The van der Waals surface area contributed by atoms with Crippen LogP contribution in [0.25, 0.3) is 0 Å². The smallest absolute Gasteiger partial charge is 0.213 e. The van der Waals surface area contributed by atoms with E-state index >= 15 is 0 Å². The maximum absolute atomic E-state index is 5.52. The Morgan fingerprint density at radius 1 is 0.864 bits per heavy atom. The normalized spacial score (nSPS) is 11.1. The van der Waals surface area contributed by atoms with Gasteiger partial charge in [0.25, 0.3) is 0 Å². The van der Waals surface area contributed by atoms with Crippen molar-refractivity contribution in [3.8, 4) is 5.88 Å². The van der Waals surface area contributed by atoms with E-state index in [1.165, 1.54) is 5.56 Å². The van der Waals surface area contributed by atoms with E-state index in [0.29, 0.717) is 51.4 Å². The molecule has 0 aliphatic heterocycles. The van der Waals surface area contributed by atoms with Gasteiger partial charge in [0.05, 0.1) is 33.0 Å². The van der Waals surface area contributed by atoms with Gasteiger partial charge < -0.3 is 18.9 Å². The minimum absolute atomic E-state index is 0.484. The van der Waals surface area contributed by atoms with Crippen LogP contribution in [0.4, 0.5) is 0 Å². The first kappa shape index (κ1) is 18.9. The summed E-state index contributed by atoms with van der Waals surface area (Å²) in [5.74, 6) is 1.12. The predicted molar refractivity (Wildman–Crippen MR) is 86.6 cm³/mol. The Labute approximate surface area is 133 Å². The molecule has 0 saturated heterocycles. The predicted octanol–water partition coefficient (Wildman–Crippen LogP) is 3.04. The molecular weight excluding hydrogens is 282 g/mol. The summed E-state index contributed by atoms with van der Waals surface area (Å²) in [5, 5.41) is 0. The highest BCUT2D eigenvalue weighted by Gasteiger charge is 2.00. The van der Waals surface area contributed by atoms with Crippen molar-refractivity contribution in [1.82, 2.24) is 4.98 Å². The van der Waals surface area contributed by atoms with Crippen LogP contribution in [-0.2, 0) is 14.2 Å². The molecule has 1 aromatic heterocycles. The number of pyridine rings is 1. The Morgan fingerprint density at radius 3 is 1.95 bits per heavy atom. The SMILES string of the molecule is CCCOCCOCCOCCOc1ccc(C(C)C)cn1. The standard InChI is InChI=1S/C17H29NO4/c1-4-7-19-8-9-20-10-11-21-12-13-22-17-6-5-16(14-18-17)15(2)3/h5-6,14-15H,4,7-13H2,1-3H3. The molecule has 0 aliphatic carbocycles. The summed E-state index contributed by atoms with van der Waals surface area (Å²) in [6.45, 7) is 10.6. The van der Waals surface area contributed by atoms with Gasteiger partial charge in [-0.25, -0.2) is 4.98 Å². The van der Waals surface area contributed by atoms with Gasteiger partial charge in [-0.05, 0) is 17.9 Å². The second-order valence-electron chi connectivity index (χ2n) is 5.27. The summed E-state index contributed by atoms with van der Waals surface area (Å²) in [6, 6.07) is 3.94. The van der Waals surface area contributed by atoms with E-state index in [0.717, 1.165) is 13.0 Å². The molecule has 0 N–H and O–H groups in total. The first-order valence-electron chi connectivity index (χ1n) is 8.06. The fourth-order valence-electron chi connectivity index (χ4n) is 1.71. The lowest BCUT2D eigenvalue weighted by molar-refractivity contribution is 0.00921. The minimum Gasteiger partial charge on any atom is -0.475 e. The van der Waals surface area contributed by atoms with Gasteiger partial charge >= 0.3 is 0 Å². The number of hydrogen-bond acceptors (Lipinski definition) is 5. The molecule has 5 heteroatoms. The van der Waals surface area contributed by atoms with E-state index in [-0.39, 0.29) is 0 Å². The Balaban J connectivity index is 1.93. The molecule has 0 radical (unpaired) electrons. The molecule has 0 bridgehead atoms. The summed E-state index contributed by atoms with van der Waals surface area (Å²) in [7, 11) is 0. The van der Waals surface area contributed by atoms with E-state index < -0.39 is 0 Å². The average Bonchev–Trinajstić information content (AvgIpc) is 2.53. The van der Waals surface area contributed by atoms with Crippen LogP contribution in [0, 0.1) is 0 Å². The van der Waals surface area contributed by atoms with Crippen molar-refractivity contribution in [2.24, 2.45) is 0 Å². The van der Waals surface area contributed by atoms with Crippen LogP contribution >= 0.6 is 0 Å². The highest BCUT2D eigenvalue weighted by atomic mass is 16.6. The van der Waals surface area contributed by atoms with Crippen molar-refractivity contribution in [3.05, 3.63) is 23.9 Å². The van der Waals surface area contributed by atoms with Gasteiger partial charge in [-0.15, -0.1) is 0 Å². The average molecular weight is 311 g/mol. The highest BCUT2D eigenvalue weighted by Crippen LogP contribution is 2.15. The van der Waals surface area contributed by atoms with Crippen LogP contribution in [0.3, 0.4) is 0 Å². The third-order valence-electron chi connectivity index (χ3n) is 3.00. The zero-order valence-electron chi connectivity index (χ0n) is 14.0. The molecule has 0 amide bonds. The quantitative estimate of drug-likeness (QED) is 0.524. The highest BCUT2D eigenvalue weighted by molar-refractivity contribution is 5.20. The number of ether oxygens (including phenoxy) is 4. The van der Waals surface area contributed by atoms with E-state index in [2.05, 4.69) is 25.8 Å². The molecule has 0 fully saturated rings. The van der Waals surface area contributed by atoms with E-state index in [9.17, 15) is 0 Å². The van der Waals surface area contributed by atoms with Crippen molar-refractivity contribution in [2.45, 2.75) is 33.1 Å². The van der Waals surface area contributed by atoms with Gasteiger partial charge in [0.2, 0.25) is 5.88 Å². The molecule has 0 aliphatic rings. The second-order valence-corrected chi connectivity index (χ2v) is 5.27. The molecule has 1 heterocycles. The van der Waals surface area contributed by atoms with Crippen molar-refractivity contribution in [1.29, 1.82) is 0 Å². The van der Waals surface area contributed by atoms with E-state index in [1.807, 2.05) is 18.3 Å². The number of nitrogens with zero attached hydrogens (tertiary/aromatic N) is 1. The first-order valence-corrected chi connectivity index (χ1v) is 8.06. The van der Waals surface area contributed by atoms with Crippen LogP contribution in [0.5, 0.6) is 5.88 Å². The summed E-state index contributed by atoms with van der Waals surface area (Å²) in [4.78, 5) is 4.27. The summed E-state index contributed by atoms with van der Waals surface area (Å²) in [5.41, 5.74) is 1.21. The fourth-order valence-corrected chi connectivity index (χ4v) is 1.71. The first-order chi connectivity index (χ1) is 10.7. The summed E-state index contributed by atoms with van der Waals surface area (Å²) >= 11 is 0. The minimum atomic E-state index is 0.484. The van der Waals surface area contributed by atoms with Crippen LogP contribution < -0.4 is 4.74 Å². The van der Waals surface area contributed by atoms with Crippen molar-refractivity contribution in [2.75, 3.05) is 46.2 Å². The van der Waals surface area contributed by atoms with Gasteiger partial charge in [0.1, 0.15) is 6.61 Å². The zero-order valence-corrected chi connectivity index (χ0v) is 14.0. The Morgan fingerprint density at radius 2 is 1.45 bits per heavy atom. The number of hydrogen-bond donors (Lipinski definition) is 0. The molecule has 0 atom stereocenters. The van der Waals surface area contributed by atoms with Crippen LogP contribution in [-0.4, -0.2) is 51.2 Å². The van der Waals surface area contributed by atoms with Crippen LogP contribution in [0.15, 0.2) is 18.3 Å². The summed E-state index contributed by atoms with van der Waals surface area (Å²) in [6.07, 6.45) is 2.90. The van der Waals surface area contributed by atoms with Crippen LogP contribution in [0.2, 0.25) is 0 Å². The van der Waals surface area contributed by atoms with Crippen LogP contribution in [0.1, 0.15) is 38.7 Å². The molecule has 22 heavy (non-hydrogen) atoms. The second kappa shape index (κ2) is 12.4. The molecule has 0 saturated carbocycles. The lowest BCUT2D eigenvalue weighted by Gasteiger charge is -2.09. The van der Waals surface area contributed by atoms with Crippen molar-refractivity contribution < 1.29 is 18.9 Å². The molecule has 1 aromatic rings. The molecule has 126 valence electrons. The number of rotatable bonds is 13. The van der Waals surface area contributed by atoms with Gasteiger partial charge in [-0.1, -0.05) is 26.8 Å². The molecular formula is C17H29NO4. The molecule has 1 rings (SSSR count). The number of aromatic nitrogens is 1. The molecule has 0 spiro atoms. The van der Waals surface area contributed by atoms with Gasteiger partial charge in [0.15, 0.2) is 0 Å². The lowest BCUT2D eigenvalue weighted by Crippen LogP contribution is -2.13. The fraction of sp³-hybridized carbons (Fsp3) is 0.706. The van der Waals surface area contributed by atoms with Crippen molar-refractivity contribution in [3.63, 3.8) is 0 Å². The maximum atomic E-state index is 5.52. The lowest BCUT2D eigenvalue weighted by atomic mass is 10.1. The zero-order chi connectivity index (χ0) is 16.0.